The van der Waals surface area contributed by atoms with Crippen molar-refractivity contribution in [1.29, 1.82) is 0 Å². The number of carbonyl (C=O) groups excluding carboxylic acids is 2. The van der Waals surface area contributed by atoms with Gasteiger partial charge in [0.15, 0.2) is 0 Å². The fraction of sp³-hybridized carbons (Fsp3) is 0.636. The summed E-state index contributed by atoms with van der Waals surface area (Å²) in [5, 5.41) is 22.0. The molecule has 0 bridgehead atoms. The Labute approximate surface area is 115 Å². The van der Waals surface area contributed by atoms with Gasteiger partial charge in [0.1, 0.15) is 13.1 Å². The lowest BCUT2D eigenvalue weighted by Crippen LogP contribution is -2.50. The molecule has 3 amide bonds. The highest BCUT2D eigenvalue weighted by atomic mass is 16.4. The predicted molar refractivity (Wildman–Crippen MR) is 68.1 cm³/mol. The molecule has 0 aromatic carbocycles. The van der Waals surface area contributed by atoms with Crippen molar-refractivity contribution in [3.8, 4) is 0 Å². The first kappa shape index (κ1) is 17.7. The smallest absolute Gasteiger partial charge is 0.323 e. The van der Waals surface area contributed by atoms with Gasteiger partial charge in [-0.15, -0.1) is 0 Å². The molecule has 0 saturated carbocycles. The molecule has 0 heterocycles. The van der Waals surface area contributed by atoms with E-state index < -0.39 is 36.5 Å². The number of aliphatic carboxylic acids is 2. The number of hydrogen-bond donors (Lipinski definition) is 4. The van der Waals surface area contributed by atoms with Crippen LogP contribution >= 0.6 is 0 Å². The Balaban J connectivity index is 4.64. The van der Waals surface area contributed by atoms with Crippen molar-refractivity contribution in [2.45, 2.75) is 13.8 Å². The highest BCUT2D eigenvalue weighted by molar-refractivity contribution is 5.85. The Morgan fingerprint density at radius 1 is 1.05 bits per heavy atom. The summed E-state index contributed by atoms with van der Waals surface area (Å²) in [6.07, 6.45) is 0. The zero-order valence-electron chi connectivity index (χ0n) is 11.6. The molecule has 0 saturated heterocycles. The average Bonchev–Trinajstić information content (AvgIpc) is 2.32. The van der Waals surface area contributed by atoms with Crippen molar-refractivity contribution in [2.75, 3.05) is 26.7 Å². The summed E-state index contributed by atoms with van der Waals surface area (Å²) in [4.78, 5) is 45.0. The monoisotopic (exact) mass is 289 g/mol. The largest absolute Gasteiger partial charge is 0.480 e. The first-order valence-electron chi connectivity index (χ1n) is 5.78. The van der Waals surface area contributed by atoms with E-state index in [1.807, 2.05) is 0 Å². The molecular weight excluding hydrogens is 270 g/mol. The maximum atomic E-state index is 11.7. The Morgan fingerprint density at radius 2 is 1.50 bits per heavy atom. The molecule has 0 aromatic heterocycles. The third kappa shape index (κ3) is 6.03. The second-order valence-corrected chi connectivity index (χ2v) is 4.77. The Bertz CT molecular complexity index is 391. The van der Waals surface area contributed by atoms with Gasteiger partial charge in [-0.05, 0) is 13.8 Å². The van der Waals surface area contributed by atoms with Gasteiger partial charge in [0.05, 0.1) is 5.41 Å². The lowest BCUT2D eigenvalue weighted by atomic mass is 9.92. The SMILES string of the molecule is CNC(=O)C(C)(C)CNC(=O)N(CC(=O)O)CC(=O)O. The summed E-state index contributed by atoms with van der Waals surface area (Å²) in [6, 6.07) is -0.855. The molecule has 114 valence electrons. The van der Waals surface area contributed by atoms with Crippen LogP contribution in [0.3, 0.4) is 0 Å². The Kier molecular flexibility index (Phi) is 6.47. The van der Waals surface area contributed by atoms with Crippen molar-refractivity contribution in [3.05, 3.63) is 0 Å². The molecule has 0 aliphatic rings. The number of carboxylic acid groups (broad SMARTS) is 2. The molecule has 0 unspecified atom stereocenters. The Hall–Kier alpha value is -2.32. The number of nitrogens with one attached hydrogen (secondary N) is 2. The summed E-state index contributed by atoms with van der Waals surface area (Å²) < 4.78 is 0. The molecule has 0 radical (unpaired) electrons. The molecular formula is C11H19N3O6. The van der Waals surface area contributed by atoms with Gasteiger partial charge in [-0.1, -0.05) is 0 Å². The quantitative estimate of drug-likeness (QED) is 0.471. The summed E-state index contributed by atoms with van der Waals surface area (Å²) >= 11 is 0. The number of carboxylic acids is 2. The fourth-order valence-corrected chi connectivity index (χ4v) is 1.35. The molecule has 0 rings (SSSR count). The predicted octanol–water partition coefficient (Wildman–Crippen LogP) is -1.06. The van der Waals surface area contributed by atoms with Crippen LogP contribution in [0.4, 0.5) is 4.79 Å². The van der Waals surface area contributed by atoms with Crippen LogP contribution in [0.5, 0.6) is 0 Å². The first-order chi connectivity index (χ1) is 9.10. The van der Waals surface area contributed by atoms with Gasteiger partial charge in [-0.2, -0.15) is 0 Å². The molecule has 0 atom stereocenters. The molecule has 0 aliphatic carbocycles. The maximum Gasteiger partial charge on any atom is 0.323 e. The van der Waals surface area contributed by atoms with E-state index >= 15 is 0 Å². The van der Waals surface area contributed by atoms with E-state index in [0.717, 1.165) is 0 Å². The number of urea groups is 1. The minimum absolute atomic E-state index is 0.0543. The second kappa shape index (κ2) is 7.31. The van der Waals surface area contributed by atoms with Crippen LogP contribution < -0.4 is 10.6 Å². The number of carbonyl (C=O) groups is 4. The van der Waals surface area contributed by atoms with Crippen LogP contribution in [0.1, 0.15) is 13.8 Å². The van der Waals surface area contributed by atoms with Crippen molar-refractivity contribution >= 4 is 23.9 Å². The average molecular weight is 289 g/mol. The van der Waals surface area contributed by atoms with Gasteiger partial charge in [-0.25, -0.2) is 4.79 Å². The summed E-state index contributed by atoms with van der Waals surface area (Å²) in [7, 11) is 1.45. The van der Waals surface area contributed by atoms with E-state index in [-0.39, 0.29) is 12.5 Å². The molecule has 9 nitrogen and oxygen atoms in total. The van der Waals surface area contributed by atoms with Crippen LogP contribution in [0.15, 0.2) is 0 Å². The van der Waals surface area contributed by atoms with E-state index in [4.69, 9.17) is 10.2 Å². The van der Waals surface area contributed by atoms with E-state index in [0.29, 0.717) is 4.90 Å². The lowest BCUT2D eigenvalue weighted by molar-refractivity contribution is -0.140. The first-order valence-corrected chi connectivity index (χ1v) is 5.78. The minimum atomic E-state index is -1.33. The summed E-state index contributed by atoms with van der Waals surface area (Å²) in [6.45, 7) is 1.65. The molecule has 20 heavy (non-hydrogen) atoms. The van der Waals surface area contributed by atoms with E-state index in [9.17, 15) is 19.2 Å². The summed E-state index contributed by atoms with van der Waals surface area (Å²) in [5.41, 5.74) is -0.900. The third-order valence-corrected chi connectivity index (χ3v) is 2.46. The van der Waals surface area contributed by atoms with Crippen LogP contribution in [0, 0.1) is 5.41 Å². The lowest BCUT2D eigenvalue weighted by Gasteiger charge is -2.25. The molecule has 0 aliphatic heterocycles. The fourth-order valence-electron chi connectivity index (χ4n) is 1.35. The van der Waals surface area contributed by atoms with Crippen LogP contribution in [0.25, 0.3) is 0 Å². The van der Waals surface area contributed by atoms with Crippen LogP contribution in [-0.4, -0.2) is 65.7 Å². The van der Waals surface area contributed by atoms with Gasteiger partial charge in [0.2, 0.25) is 5.91 Å². The van der Waals surface area contributed by atoms with Crippen molar-refractivity contribution in [1.82, 2.24) is 15.5 Å². The third-order valence-electron chi connectivity index (χ3n) is 2.46. The van der Waals surface area contributed by atoms with Gasteiger partial charge in [0.25, 0.3) is 0 Å². The standard InChI is InChI=1S/C11H19N3O6/c1-11(2,9(19)12-3)6-13-10(20)14(4-7(15)16)5-8(17)18/h4-6H2,1-3H3,(H,12,19)(H,13,20)(H,15,16)(H,17,18). The van der Waals surface area contributed by atoms with Crippen LogP contribution in [-0.2, 0) is 14.4 Å². The Morgan fingerprint density at radius 3 is 1.85 bits per heavy atom. The number of rotatable bonds is 7. The number of nitrogens with zero attached hydrogens (tertiary/aromatic N) is 1. The topological polar surface area (TPSA) is 136 Å². The minimum Gasteiger partial charge on any atom is -0.480 e. The highest BCUT2D eigenvalue weighted by Gasteiger charge is 2.28. The molecule has 0 spiro atoms. The molecule has 0 aromatic rings. The molecule has 4 N–H and O–H groups in total. The number of amides is 3. The number of hydrogen-bond acceptors (Lipinski definition) is 4. The van der Waals surface area contributed by atoms with E-state index in [1.165, 1.54) is 7.05 Å². The van der Waals surface area contributed by atoms with Gasteiger partial charge in [-0.3, -0.25) is 14.4 Å². The molecule has 9 heteroatoms. The zero-order chi connectivity index (χ0) is 15.9. The highest BCUT2D eigenvalue weighted by Crippen LogP contribution is 2.13. The zero-order valence-corrected chi connectivity index (χ0v) is 11.6. The van der Waals surface area contributed by atoms with Gasteiger partial charge < -0.3 is 25.7 Å². The van der Waals surface area contributed by atoms with Gasteiger partial charge in [0, 0.05) is 13.6 Å². The van der Waals surface area contributed by atoms with Crippen molar-refractivity contribution in [2.24, 2.45) is 5.41 Å². The van der Waals surface area contributed by atoms with E-state index in [1.54, 1.807) is 13.8 Å². The maximum absolute atomic E-state index is 11.7. The van der Waals surface area contributed by atoms with Crippen molar-refractivity contribution < 1.29 is 29.4 Å². The molecule has 0 fully saturated rings. The normalized spacial score (nSPS) is 10.6. The van der Waals surface area contributed by atoms with Crippen LogP contribution in [0.2, 0.25) is 0 Å². The summed E-state index contributed by atoms with van der Waals surface area (Å²) in [5.74, 6) is -2.96. The van der Waals surface area contributed by atoms with E-state index in [2.05, 4.69) is 10.6 Å². The van der Waals surface area contributed by atoms with Crippen molar-refractivity contribution in [3.63, 3.8) is 0 Å². The second-order valence-electron chi connectivity index (χ2n) is 4.77. The van der Waals surface area contributed by atoms with Gasteiger partial charge >= 0.3 is 18.0 Å².